The molecule has 5 aromatic carbocycles. The summed E-state index contributed by atoms with van der Waals surface area (Å²) in [6.07, 6.45) is 0. The van der Waals surface area contributed by atoms with Gasteiger partial charge in [0.05, 0.1) is 11.0 Å². The van der Waals surface area contributed by atoms with E-state index in [1.165, 1.54) is 58.4 Å². The third kappa shape index (κ3) is 2.36. The molecule has 0 amide bonds. The van der Waals surface area contributed by atoms with E-state index in [4.69, 9.17) is 0 Å². The van der Waals surface area contributed by atoms with Crippen LogP contribution in [-0.4, -0.2) is 4.57 Å². The summed E-state index contributed by atoms with van der Waals surface area (Å²) in [5, 5.41) is 7.97. The predicted octanol–water partition coefficient (Wildman–Crippen LogP) is 9.07. The summed E-state index contributed by atoms with van der Waals surface area (Å²) in [6.45, 7) is 0. The van der Waals surface area contributed by atoms with Crippen LogP contribution < -0.4 is 0 Å². The van der Waals surface area contributed by atoms with E-state index in [0.717, 1.165) is 4.47 Å². The minimum Gasteiger partial charge on any atom is -0.309 e. The summed E-state index contributed by atoms with van der Waals surface area (Å²) in [7, 11) is 0. The van der Waals surface area contributed by atoms with Gasteiger partial charge in [-0.2, -0.15) is 0 Å². The molecule has 0 aliphatic heterocycles. The largest absolute Gasteiger partial charge is 0.309 e. The van der Waals surface area contributed by atoms with Crippen molar-refractivity contribution < 1.29 is 0 Å². The number of aromatic nitrogens is 1. The van der Waals surface area contributed by atoms with Crippen LogP contribution in [0, 0.1) is 0 Å². The third-order valence-corrected chi connectivity index (χ3v) is 7.91. The number of fused-ring (bicyclic) bond motifs is 10. The summed E-state index contributed by atoms with van der Waals surface area (Å²) in [5.41, 5.74) is 3.71. The van der Waals surface area contributed by atoms with Gasteiger partial charge in [-0.1, -0.05) is 82.7 Å². The Bertz CT molecular complexity index is 1810. The highest BCUT2D eigenvalue weighted by Crippen LogP contribution is 2.47. The SMILES string of the molecule is Brc1cccc(-n2c3ccccc3c3c4ccccc4c4sc5ccccc5c4c32)c1. The topological polar surface area (TPSA) is 4.93 Å². The lowest BCUT2D eigenvalue weighted by Gasteiger charge is -2.11. The van der Waals surface area contributed by atoms with Crippen LogP contribution in [0.2, 0.25) is 0 Å². The van der Waals surface area contributed by atoms with Crippen LogP contribution in [0.4, 0.5) is 0 Å². The van der Waals surface area contributed by atoms with Crippen LogP contribution >= 0.6 is 27.3 Å². The lowest BCUT2D eigenvalue weighted by Crippen LogP contribution is -1.94. The first-order valence-electron chi connectivity index (χ1n) is 10.3. The van der Waals surface area contributed by atoms with Gasteiger partial charge >= 0.3 is 0 Å². The molecule has 0 aliphatic carbocycles. The second kappa shape index (κ2) is 6.43. The first kappa shape index (κ1) is 17.5. The molecule has 1 nitrogen and oxygen atoms in total. The van der Waals surface area contributed by atoms with E-state index < -0.39 is 0 Å². The van der Waals surface area contributed by atoms with E-state index in [9.17, 15) is 0 Å². The normalized spacial score (nSPS) is 12.0. The zero-order chi connectivity index (χ0) is 20.5. The lowest BCUT2D eigenvalue weighted by atomic mass is 10.00. The molecule has 3 heteroatoms. The molecule has 0 saturated carbocycles. The molecule has 2 heterocycles. The maximum atomic E-state index is 3.69. The highest BCUT2D eigenvalue weighted by atomic mass is 79.9. The van der Waals surface area contributed by atoms with E-state index in [1.54, 1.807) is 0 Å². The van der Waals surface area contributed by atoms with Gasteiger partial charge in [-0.3, -0.25) is 0 Å². The monoisotopic (exact) mass is 477 g/mol. The van der Waals surface area contributed by atoms with Gasteiger partial charge < -0.3 is 4.57 Å². The van der Waals surface area contributed by atoms with E-state index in [0.29, 0.717) is 0 Å². The minimum atomic E-state index is 1.09. The molecule has 146 valence electrons. The highest BCUT2D eigenvalue weighted by Gasteiger charge is 2.21. The van der Waals surface area contributed by atoms with Crippen molar-refractivity contribution in [3.05, 3.63) is 102 Å². The number of benzene rings is 5. The zero-order valence-corrected chi connectivity index (χ0v) is 18.9. The fourth-order valence-corrected chi connectivity index (χ4v) is 6.63. The van der Waals surface area contributed by atoms with Crippen molar-refractivity contribution in [1.29, 1.82) is 0 Å². The van der Waals surface area contributed by atoms with E-state index >= 15 is 0 Å². The van der Waals surface area contributed by atoms with Gasteiger partial charge in [0.2, 0.25) is 0 Å². The first-order valence-corrected chi connectivity index (χ1v) is 11.9. The standard InChI is InChI=1S/C28H16BrNS/c29-17-8-7-9-18(16-17)30-23-14-5-3-12-21(23)25-19-10-1-2-11-20(19)28-26(27(25)30)22-13-4-6-15-24(22)31-28/h1-16H. The van der Waals surface area contributed by atoms with Crippen molar-refractivity contribution in [3.8, 4) is 5.69 Å². The number of rotatable bonds is 1. The van der Waals surface area contributed by atoms with Crippen molar-refractivity contribution in [1.82, 2.24) is 4.57 Å². The maximum Gasteiger partial charge on any atom is 0.0640 e. The van der Waals surface area contributed by atoms with Crippen molar-refractivity contribution in [3.63, 3.8) is 0 Å². The van der Waals surface area contributed by atoms with Crippen LogP contribution in [0.25, 0.3) is 58.4 Å². The Morgan fingerprint density at radius 1 is 0.613 bits per heavy atom. The molecule has 0 saturated heterocycles. The van der Waals surface area contributed by atoms with Crippen molar-refractivity contribution in [2.45, 2.75) is 0 Å². The van der Waals surface area contributed by atoms with Gasteiger partial charge in [0.1, 0.15) is 0 Å². The lowest BCUT2D eigenvalue weighted by molar-refractivity contribution is 1.18. The zero-order valence-electron chi connectivity index (χ0n) is 16.5. The Hall–Kier alpha value is -3.14. The van der Waals surface area contributed by atoms with E-state index in [-0.39, 0.29) is 0 Å². The molecule has 31 heavy (non-hydrogen) atoms. The first-order chi connectivity index (χ1) is 15.3. The number of thiophene rings is 1. The number of hydrogen-bond acceptors (Lipinski definition) is 1. The molecule has 0 aliphatic rings. The predicted molar refractivity (Wildman–Crippen MR) is 139 cm³/mol. The number of halogens is 1. The second-order valence-corrected chi connectivity index (χ2v) is 9.87. The van der Waals surface area contributed by atoms with Crippen LogP contribution in [-0.2, 0) is 0 Å². The molecule has 7 rings (SSSR count). The van der Waals surface area contributed by atoms with Gasteiger partial charge in [0.25, 0.3) is 0 Å². The molecule has 0 atom stereocenters. The summed E-state index contributed by atoms with van der Waals surface area (Å²) in [4.78, 5) is 0. The summed E-state index contributed by atoms with van der Waals surface area (Å²) in [6, 6.07) is 35.1. The molecule has 2 aromatic heterocycles. The molecule has 0 fully saturated rings. The van der Waals surface area contributed by atoms with Crippen molar-refractivity contribution in [2.24, 2.45) is 0 Å². The van der Waals surface area contributed by atoms with Gasteiger partial charge in [-0.05, 0) is 35.7 Å². The molecule has 0 radical (unpaired) electrons. The fraction of sp³-hybridized carbons (Fsp3) is 0. The van der Waals surface area contributed by atoms with Crippen LogP contribution in [0.15, 0.2) is 102 Å². The fourth-order valence-electron chi connectivity index (χ4n) is 5.00. The molecular formula is C28H16BrNS. The Kier molecular flexibility index (Phi) is 3.64. The van der Waals surface area contributed by atoms with Crippen molar-refractivity contribution in [2.75, 3.05) is 0 Å². The number of hydrogen-bond donors (Lipinski definition) is 0. The second-order valence-electron chi connectivity index (χ2n) is 7.90. The van der Waals surface area contributed by atoms with Crippen LogP contribution in [0.5, 0.6) is 0 Å². The quantitative estimate of drug-likeness (QED) is 0.222. The van der Waals surface area contributed by atoms with Crippen LogP contribution in [0.3, 0.4) is 0 Å². The molecular weight excluding hydrogens is 462 g/mol. The summed E-state index contributed by atoms with van der Waals surface area (Å²) in [5.74, 6) is 0. The Balaban J connectivity index is 1.89. The van der Waals surface area contributed by atoms with Gasteiger partial charge in [0.15, 0.2) is 0 Å². The van der Waals surface area contributed by atoms with Crippen LogP contribution in [0.1, 0.15) is 0 Å². The summed E-state index contributed by atoms with van der Waals surface area (Å²) >= 11 is 5.59. The molecule has 0 spiro atoms. The minimum absolute atomic E-state index is 1.09. The van der Waals surface area contributed by atoms with Gasteiger partial charge in [0, 0.05) is 46.5 Å². The van der Waals surface area contributed by atoms with E-state index in [2.05, 4.69) is 118 Å². The molecule has 0 N–H and O–H groups in total. The Morgan fingerprint density at radius 3 is 2.16 bits per heavy atom. The number of para-hydroxylation sites is 1. The molecule has 0 bridgehead atoms. The maximum absolute atomic E-state index is 3.69. The highest BCUT2D eigenvalue weighted by molar-refractivity contribution is 9.10. The van der Waals surface area contributed by atoms with Gasteiger partial charge in [-0.25, -0.2) is 0 Å². The average molecular weight is 478 g/mol. The molecule has 0 unspecified atom stereocenters. The van der Waals surface area contributed by atoms with E-state index in [1.807, 2.05) is 11.3 Å². The summed E-state index contributed by atoms with van der Waals surface area (Å²) < 4.78 is 6.23. The van der Waals surface area contributed by atoms with Crippen molar-refractivity contribution >= 4 is 80.0 Å². The Labute approximate surface area is 191 Å². The molecule has 7 aromatic rings. The number of nitrogens with zero attached hydrogens (tertiary/aromatic N) is 1. The average Bonchev–Trinajstić information content (AvgIpc) is 3.35. The smallest absolute Gasteiger partial charge is 0.0640 e. The van der Waals surface area contributed by atoms with Gasteiger partial charge in [-0.15, -0.1) is 11.3 Å². The Morgan fingerprint density at radius 2 is 1.32 bits per heavy atom. The third-order valence-electron chi connectivity index (χ3n) is 6.21.